The van der Waals surface area contributed by atoms with Gasteiger partial charge < -0.3 is 4.52 Å². The molecule has 0 radical (unpaired) electrons. The summed E-state index contributed by atoms with van der Waals surface area (Å²) < 4.78 is 6.59. The molecule has 7 heteroatoms. The van der Waals surface area contributed by atoms with Crippen LogP contribution in [0.5, 0.6) is 0 Å². The molecular formula is C18H14N4O2S. The average Bonchev–Trinajstić information content (AvgIpc) is 3.29. The third-order valence-electron chi connectivity index (χ3n) is 3.71. The van der Waals surface area contributed by atoms with Gasteiger partial charge >= 0.3 is 0 Å². The van der Waals surface area contributed by atoms with Gasteiger partial charge in [-0.2, -0.15) is 10.1 Å². The van der Waals surface area contributed by atoms with Crippen molar-refractivity contribution in [3.8, 4) is 22.0 Å². The molecule has 0 aliphatic carbocycles. The Morgan fingerprint density at radius 2 is 1.96 bits per heavy atom. The number of rotatable bonds is 4. The van der Waals surface area contributed by atoms with E-state index in [2.05, 4.69) is 15.2 Å². The van der Waals surface area contributed by atoms with Crippen LogP contribution >= 0.6 is 11.3 Å². The standard InChI is InChI=1S/C18H14N4O2S/c1-12-4-6-13(7-5-12)14-8-9-17(23)22(20-14)11-16-19-18(21-24-16)15-3-2-10-25-15/h2-10H,11H2,1H3. The zero-order valence-corrected chi connectivity index (χ0v) is 14.2. The quantitative estimate of drug-likeness (QED) is 0.564. The van der Waals surface area contributed by atoms with Crippen molar-refractivity contribution in [1.82, 2.24) is 19.9 Å². The van der Waals surface area contributed by atoms with Gasteiger partial charge in [-0.05, 0) is 24.4 Å². The number of hydrogen-bond donors (Lipinski definition) is 0. The molecule has 25 heavy (non-hydrogen) atoms. The van der Waals surface area contributed by atoms with Gasteiger partial charge in [-0.1, -0.05) is 41.1 Å². The van der Waals surface area contributed by atoms with Crippen LogP contribution in [0.25, 0.3) is 22.0 Å². The van der Waals surface area contributed by atoms with Gasteiger partial charge in [-0.25, -0.2) is 4.68 Å². The first kappa shape index (κ1) is 15.5. The first-order chi connectivity index (χ1) is 12.2. The first-order valence-corrected chi connectivity index (χ1v) is 8.59. The predicted octanol–water partition coefficient (Wildman–Crippen LogP) is 3.38. The molecule has 4 rings (SSSR count). The Kier molecular flexibility index (Phi) is 3.99. The molecule has 0 saturated heterocycles. The lowest BCUT2D eigenvalue weighted by Gasteiger charge is -2.05. The minimum atomic E-state index is -0.216. The topological polar surface area (TPSA) is 73.8 Å². The van der Waals surface area contributed by atoms with E-state index in [0.29, 0.717) is 11.7 Å². The maximum absolute atomic E-state index is 12.1. The Morgan fingerprint density at radius 3 is 2.72 bits per heavy atom. The van der Waals surface area contributed by atoms with Crippen LogP contribution in [0, 0.1) is 6.92 Å². The summed E-state index contributed by atoms with van der Waals surface area (Å²) in [5.74, 6) is 0.867. The van der Waals surface area contributed by atoms with Crippen LogP contribution in [0.15, 0.2) is 63.2 Å². The SMILES string of the molecule is Cc1ccc(-c2ccc(=O)n(Cc3nc(-c4cccs4)no3)n2)cc1. The maximum Gasteiger partial charge on any atom is 0.267 e. The Morgan fingerprint density at radius 1 is 1.12 bits per heavy atom. The number of thiophene rings is 1. The zero-order chi connectivity index (χ0) is 17.2. The Hall–Kier alpha value is -3.06. The summed E-state index contributed by atoms with van der Waals surface area (Å²) in [4.78, 5) is 17.4. The lowest BCUT2D eigenvalue weighted by molar-refractivity contribution is 0.363. The summed E-state index contributed by atoms with van der Waals surface area (Å²) in [6.45, 7) is 2.16. The molecule has 0 aliphatic rings. The minimum absolute atomic E-state index is 0.136. The highest BCUT2D eigenvalue weighted by molar-refractivity contribution is 7.13. The average molecular weight is 350 g/mol. The van der Waals surface area contributed by atoms with Crippen LogP contribution in [0.3, 0.4) is 0 Å². The van der Waals surface area contributed by atoms with E-state index in [0.717, 1.165) is 16.1 Å². The second-order valence-corrected chi connectivity index (χ2v) is 6.52. The van der Waals surface area contributed by atoms with E-state index in [9.17, 15) is 4.79 Å². The van der Waals surface area contributed by atoms with Crippen molar-refractivity contribution in [2.75, 3.05) is 0 Å². The molecular weight excluding hydrogens is 336 g/mol. The van der Waals surface area contributed by atoms with Gasteiger partial charge in [0, 0.05) is 11.6 Å². The second-order valence-electron chi connectivity index (χ2n) is 5.57. The van der Waals surface area contributed by atoms with E-state index in [4.69, 9.17) is 4.52 Å². The normalized spacial score (nSPS) is 10.9. The summed E-state index contributed by atoms with van der Waals surface area (Å²) >= 11 is 1.53. The molecule has 1 aromatic carbocycles. The smallest absolute Gasteiger partial charge is 0.267 e. The highest BCUT2D eigenvalue weighted by Crippen LogP contribution is 2.21. The van der Waals surface area contributed by atoms with Gasteiger partial charge in [0.05, 0.1) is 10.6 Å². The van der Waals surface area contributed by atoms with Gasteiger partial charge in [0.1, 0.15) is 6.54 Å². The molecule has 3 heterocycles. The summed E-state index contributed by atoms with van der Waals surface area (Å²) in [6.07, 6.45) is 0. The molecule has 4 aromatic rings. The summed E-state index contributed by atoms with van der Waals surface area (Å²) in [5.41, 5.74) is 2.62. The fraction of sp³-hybridized carbons (Fsp3) is 0.111. The van der Waals surface area contributed by atoms with Crippen LogP contribution in [0.2, 0.25) is 0 Å². The minimum Gasteiger partial charge on any atom is -0.337 e. The van der Waals surface area contributed by atoms with Crippen LogP contribution in [0.1, 0.15) is 11.5 Å². The zero-order valence-electron chi connectivity index (χ0n) is 13.4. The molecule has 3 aromatic heterocycles. The number of aryl methyl sites for hydroxylation is 1. The largest absolute Gasteiger partial charge is 0.337 e. The number of hydrogen-bond acceptors (Lipinski definition) is 6. The Labute approximate surface area is 147 Å². The summed E-state index contributed by atoms with van der Waals surface area (Å²) in [7, 11) is 0. The lowest BCUT2D eigenvalue weighted by Crippen LogP contribution is -2.23. The molecule has 0 fully saturated rings. The van der Waals surface area contributed by atoms with E-state index in [1.165, 1.54) is 27.6 Å². The van der Waals surface area contributed by atoms with Crippen LogP contribution in [-0.2, 0) is 6.54 Å². The molecule has 0 atom stereocenters. The van der Waals surface area contributed by atoms with Crippen molar-refractivity contribution < 1.29 is 4.52 Å². The molecule has 0 aliphatic heterocycles. The van der Waals surface area contributed by atoms with E-state index in [1.807, 2.05) is 48.7 Å². The Balaban J connectivity index is 1.63. The second kappa shape index (κ2) is 6.45. The highest BCUT2D eigenvalue weighted by atomic mass is 32.1. The molecule has 0 N–H and O–H groups in total. The van der Waals surface area contributed by atoms with E-state index < -0.39 is 0 Å². The van der Waals surface area contributed by atoms with Gasteiger partial charge in [0.2, 0.25) is 11.7 Å². The fourth-order valence-electron chi connectivity index (χ4n) is 2.39. The molecule has 0 amide bonds. The van der Waals surface area contributed by atoms with Crippen LogP contribution in [-0.4, -0.2) is 19.9 Å². The van der Waals surface area contributed by atoms with Crippen molar-refractivity contribution >= 4 is 11.3 Å². The molecule has 6 nitrogen and oxygen atoms in total. The predicted molar refractivity (Wildman–Crippen MR) is 95.4 cm³/mol. The van der Waals surface area contributed by atoms with E-state index >= 15 is 0 Å². The van der Waals surface area contributed by atoms with Crippen molar-refractivity contribution in [2.45, 2.75) is 13.5 Å². The van der Waals surface area contributed by atoms with E-state index in [1.54, 1.807) is 6.07 Å². The monoisotopic (exact) mass is 350 g/mol. The Bertz CT molecular complexity index is 1050. The van der Waals surface area contributed by atoms with Crippen molar-refractivity contribution in [1.29, 1.82) is 0 Å². The summed E-state index contributed by atoms with van der Waals surface area (Å²) in [5, 5.41) is 10.3. The lowest BCUT2D eigenvalue weighted by atomic mass is 10.1. The molecule has 0 spiro atoms. The van der Waals surface area contributed by atoms with Crippen LogP contribution in [0.4, 0.5) is 0 Å². The van der Waals surface area contributed by atoms with E-state index in [-0.39, 0.29) is 12.1 Å². The van der Waals surface area contributed by atoms with Gasteiger partial charge in [-0.15, -0.1) is 11.3 Å². The molecule has 0 bridgehead atoms. The molecule has 0 saturated carbocycles. The maximum atomic E-state index is 12.1. The molecule has 124 valence electrons. The van der Waals surface area contributed by atoms with Crippen molar-refractivity contribution in [2.24, 2.45) is 0 Å². The number of nitrogens with zero attached hydrogens (tertiary/aromatic N) is 4. The number of benzene rings is 1. The van der Waals surface area contributed by atoms with Gasteiger partial charge in [0.25, 0.3) is 5.56 Å². The third-order valence-corrected chi connectivity index (χ3v) is 4.57. The van der Waals surface area contributed by atoms with Crippen molar-refractivity contribution in [3.05, 3.63) is 75.7 Å². The van der Waals surface area contributed by atoms with Crippen LogP contribution < -0.4 is 5.56 Å². The first-order valence-electron chi connectivity index (χ1n) is 7.71. The highest BCUT2D eigenvalue weighted by Gasteiger charge is 2.12. The number of aromatic nitrogens is 4. The molecule has 0 unspecified atom stereocenters. The van der Waals surface area contributed by atoms with Crippen molar-refractivity contribution in [3.63, 3.8) is 0 Å². The third kappa shape index (κ3) is 3.27. The summed E-state index contributed by atoms with van der Waals surface area (Å²) in [6, 6.07) is 15.0. The fourth-order valence-corrected chi connectivity index (χ4v) is 3.04. The van der Waals surface area contributed by atoms with Gasteiger partial charge in [-0.3, -0.25) is 4.79 Å². The van der Waals surface area contributed by atoms with Gasteiger partial charge in [0.15, 0.2) is 0 Å².